The second-order valence-electron chi connectivity index (χ2n) is 6.49. The summed E-state index contributed by atoms with van der Waals surface area (Å²) in [5, 5.41) is 3.12. The van der Waals surface area contributed by atoms with E-state index in [2.05, 4.69) is 5.32 Å². The highest BCUT2D eigenvalue weighted by Crippen LogP contribution is 2.28. The van der Waals surface area contributed by atoms with Crippen LogP contribution in [0.2, 0.25) is 0 Å². The number of rotatable bonds is 6. The monoisotopic (exact) mass is 339 g/mol. The van der Waals surface area contributed by atoms with Crippen molar-refractivity contribution in [1.29, 1.82) is 0 Å². The van der Waals surface area contributed by atoms with Crippen LogP contribution in [0.5, 0.6) is 0 Å². The molecule has 4 heteroatoms. The minimum Gasteiger partial charge on any atom is -0.381 e. The fraction of sp³-hybridized carbons (Fsp3) is 0.381. The van der Waals surface area contributed by atoms with Crippen molar-refractivity contribution in [3.63, 3.8) is 0 Å². The summed E-state index contributed by atoms with van der Waals surface area (Å²) in [6.07, 6.45) is 1.15. The first kappa shape index (κ1) is 17.6. The molecule has 1 saturated heterocycles. The number of hydrogen-bond donors (Lipinski definition) is 1. The lowest BCUT2D eigenvalue weighted by atomic mass is 9.92. The van der Waals surface area contributed by atoms with E-state index in [1.165, 1.54) is 0 Å². The van der Waals surface area contributed by atoms with E-state index in [0.717, 1.165) is 11.1 Å². The van der Waals surface area contributed by atoms with Crippen molar-refractivity contribution in [3.05, 3.63) is 71.8 Å². The summed E-state index contributed by atoms with van der Waals surface area (Å²) in [7, 11) is 0. The van der Waals surface area contributed by atoms with Gasteiger partial charge < -0.3 is 14.8 Å². The van der Waals surface area contributed by atoms with Crippen LogP contribution in [0.1, 0.15) is 36.9 Å². The zero-order chi connectivity index (χ0) is 17.5. The first-order valence-corrected chi connectivity index (χ1v) is 8.81. The van der Waals surface area contributed by atoms with Crippen LogP contribution in [-0.2, 0) is 20.9 Å². The minimum absolute atomic E-state index is 0.0527. The second-order valence-corrected chi connectivity index (χ2v) is 6.49. The van der Waals surface area contributed by atoms with E-state index in [4.69, 9.17) is 9.47 Å². The number of benzene rings is 2. The zero-order valence-corrected chi connectivity index (χ0v) is 14.6. The van der Waals surface area contributed by atoms with E-state index in [1.807, 2.05) is 67.6 Å². The second kappa shape index (κ2) is 8.28. The lowest BCUT2D eigenvalue weighted by Gasteiger charge is -2.36. The third-order valence-corrected chi connectivity index (χ3v) is 4.72. The Bertz CT molecular complexity index is 666. The molecular formula is C21H25NO3. The predicted molar refractivity (Wildman–Crippen MR) is 97.0 cm³/mol. The average Bonchev–Trinajstić information content (AvgIpc) is 2.68. The molecule has 1 aliphatic heterocycles. The van der Waals surface area contributed by atoms with Crippen molar-refractivity contribution in [2.24, 2.45) is 0 Å². The van der Waals surface area contributed by atoms with E-state index < -0.39 is 5.60 Å². The van der Waals surface area contributed by atoms with Gasteiger partial charge in [0, 0.05) is 26.1 Å². The molecule has 4 nitrogen and oxygen atoms in total. The largest absolute Gasteiger partial charge is 0.381 e. The minimum atomic E-state index is -0.822. The van der Waals surface area contributed by atoms with Crippen molar-refractivity contribution in [2.45, 2.75) is 38.0 Å². The van der Waals surface area contributed by atoms with E-state index >= 15 is 0 Å². The normalized spacial score (nSPS) is 17.6. The van der Waals surface area contributed by atoms with Crippen molar-refractivity contribution in [3.8, 4) is 0 Å². The van der Waals surface area contributed by atoms with E-state index in [1.54, 1.807) is 0 Å². The molecule has 25 heavy (non-hydrogen) atoms. The summed E-state index contributed by atoms with van der Waals surface area (Å²) in [5.41, 5.74) is 1.33. The average molecular weight is 339 g/mol. The van der Waals surface area contributed by atoms with E-state index in [0.29, 0.717) is 32.7 Å². The molecule has 1 N–H and O–H groups in total. The molecular weight excluding hydrogens is 314 g/mol. The van der Waals surface area contributed by atoms with Gasteiger partial charge in [-0.15, -0.1) is 0 Å². The Hall–Kier alpha value is -2.17. The van der Waals surface area contributed by atoms with Crippen molar-refractivity contribution in [1.82, 2.24) is 5.32 Å². The Kier molecular flexibility index (Phi) is 5.84. The number of nitrogens with one attached hydrogen (secondary N) is 1. The Morgan fingerprint density at radius 3 is 2.32 bits per heavy atom. The first-order valence-electron chi connectivity index (χ1n) is 8.81. The molecule has 2 aromatic carbocycles. The molecule has 0 bridgehead atoms. The highest BCUT2D eigenvalue weighted by Gasteiger charge is 2.41. The van der Waals surface area contributed by atoms with Crippen LogP contribution in [0.3, 0.4) is 0 Å². The molecule has 0 aromatic heterocycles. The third-order valence-electron chi connectivity index (χ3n) is 4.72. The number of ether oxygens (including phenoxy) is 2. The lowest BCUT2D eigenvalue weighted by molar-refractivity contribution is -0.164. The SMILES string of the molecule is C[C@H](NC(=O)C1(OCc2ccccc2)CCOCC1)c1ccccc1. The van der Waals surface area contributed by atoms with Gasteiger partial charge in [0.25, 0.3) is 5.91 Å². The van der Waals surface area contributed by atoms with Gasteiger partial charge in [-0.3, -0.25) is 4.79 Å². The van der Waals surface area contributed by atoms with Gasteiger partial charge in [0.15, 0.2) is 5.60 Å². The number of carbonyl (C=O) groups excluding carboxylic acids is 1. The van der Waals surface area contributed by atoms with Crippen LogP contribution in [-0.4, -0.2) is 24.7 Å². The van der Waals surface area contributed by atoms with Crippen molar-refractivity contribution >= 4 is 5.91 Å². The molecule has 132 valence electrons. The molecule has 0 unspecified atom stereocenters. The van der Waals surface area contributed by atoms with Gasteiger partial charge in [-0.2, -0.15) is 0 Å². The van der Waals surface area contributed by atoms with Gasteiger partial charge >= 0.3 is 0 Å². The Morgan fingerprint density at radius 2 is 1.68 bits per heavy atom. The summed E-state index contributed by atoms with van der Waals surface area (Å²) >= 11 is 0. The quantitative estimate of drug-likeness (QED) is 0.874. The van der Waals surface area contributed by atoms with Gasteiger partial charge in [-0.1, -0.05) is 60.7 Å². The smallest absolute Gasteiger partial charge is 0.252 e. The maximum atomic E-state index is 13.0. The van der Waals surface area contributed by atoms with Crippen molar-refractivity contribution < 1.29 is 14.3 Å². The van der Waals surface area contributed by atoms with Crippen LogP contribution in [0.15, 0.2) is 60.7 Å². The topological polar surface area (TPSA) is 47.6 Å². The van der Waals surface area contributed by atoms with E-state index in [-0.39, 0.29) is 11.9 Å². The molecule has 0 saturated carbocycles. The third kappa shape index (κ3) is 4.47. The highest BCUT2D eigenvalue weighted by molar-refractivity contribution is 5.85. The molecule has 1 aliphatic rings. The molecule has 3 rings (SSSR count). The van der Waals surface area contributed by atoms with Gasteiger partial charge in [-0.25, -0.2) is 0 Å². The Balaban J connectivity index is 1.69. The maximum Gasteiger partial charge on any atom is 0.252 e. The summed E-state index contributed by atoms with van der Waals surface area (Å²) in [6.45, 7) is 3.51. The van der Waals surface area contributed by atoms with Gasteiger partial charge in [0.2, 0.25) is 0 Å². The summed E-state index contributed by atoms with van der Waals surface area (Å²) in [5.74, 6) is -0.0527. The fourth-order valence-electron chi connectivity index (χ4n) is 3.09. The fourth-order valence-corrected chi connectivity index (χ4v) is 3.09. The van der Waals surface area contributed by atoms with Crippen LogP contribution in [0.4, 0.5) is 0 Å². The standard InChI is InChI=1S/C21H25NO3/c1-17(19-10-6-3-7-11-19)22-20(23)21(12-14-24-15-13-21)25-16-18-8-4-2-5-9-18/h2-11,17H,12-16H2,1H3,(H,22,23)/t17-/m0/s1. The van der Waals surface area contributed by atoms with Crippen LogP contribution < -0.4 is 5.32 Å². The molecule has 2 aromatic rings. The number of carbonyl (C=O) groups is 1. The molecule has 1 fully saturated rings. The summed E-state index contributed by atoms with van der Waals surface area (Å²) < 4.78 is 11.6. The van der Waals surface area contributed by atoms with Gasteiger partial charge in [0.05, 0.1) is 12.6 Å². The van der Waals surface area contributed by atoms with Crippen molar-refractivity contribution in [2.75, 3.05) is 13.2 Å². The first-order chi connectivity index (χ1) is 12.2. The Labute approximate surface area is 149 Å². The lowest BCUT2D eigenvalue weighted by Crippen LogP contribution is -2.52. The maximum absolute atomic E-state index is 13.0. The van der Waals surface area contributed by atoms with Crippen LogP contribution in [0, 0.1) is 0 Å². The molecule has 1 heterocycles. The molecule has 1 amide bonds. The van der Waals surface area contributed by atoms with E-state index in [9.17, 15) is 4.79 Å². The highest BCUT2D eigenvalue weighted by atomic mass is 16.5. The van der Waals surface area contributed by atoms with Crippen LogP contribution >= 0.6 is 0 Å². The Morgan fingerprint density at radius 1 is 1.08 bits per heavy atom. The van der Waals surface area contributed by atoms with Gasteiger partial charge in [-0.05, 0) is 18.1 Å². The zero-order valence-electron chi connectivity index (χ0n) is 14.6. The molecule has 0 aliphatic carbocycles. The van der Waals surface area contributed by atoms with Gasteiger partial charge in [0.1, 0.15) is 0 Å². The number of amides is 1. The molecule has 0 radical (unpaired) electrons. The summed E-state index contributed by atoms with van der Waals surface area (Å²) in [6, 6.07) is 19.9. The number of hydrogen-bond acceptors (Lipinski definition) is 3. The predicted octanol–water partition coefficient (Wildman–Crippen LogP) is 3.63. The molecule has 0 spiro atoms. The molecule has 1 atom stereocenters. The van der Waals surface area contributed by atoms with Crippen LogP contribution in [0.25, 0.3) is 0 Å². The summed E-state index contributed by atoms with van der Waals surface area (Å²) in [4.78, 5) is 13.0.